The molecule has 0 radical (unpaired) electrons. The van der Waals surface area contributed by atoms with E-state index in [2.05, 4.69) is 15.6 Å². The normalized spacial score (nSPS) is 15.8. The van der Waals surface area contributed by atoms with Crippen molar-refractivity contribution in [3.8, 4) is 5.75 Å². The van der Waals surface area contributed by atoms with Gasteiger partial charge >= 0.3 is 6.09 Å². The van der Waals surface area contributed by atoms with Crippen LogP contribution in [0.1, 0.15) is 56.9 Å². The fourth-order valence-corrected chi connectivity index (χ4v) is 7.59. The van der Waals surface area contributed by atoms with E-state index < -0.39 is 33.7 Å². The number of ether oxygens (including phenoxy) is 2. The third-order valence-electron chi connectivity index (χ3n) is 7.07. The molecule has 2 amide bonds. The van der Waals surface area contributed by atoms with E-state index in [1.807, 2.05) is 32.0 Å². The van der Waals surface area contributed by atoms with Crippen molar-refractivity contribution >= 4 is 56.1 Å². The highest BCUT2D eigenvalue weighted by Crippen LogP contribution is 2.36. The van der Waals surface area contributed by atoms with Gasteiger partial charge in [-0.3, -0.25) is 4.79 Å². The molecule has 3 aromatic rings. The summed E-state index contributed by atoms with van der Waals surface area (Å²) in [4.78, 5) is 29.3. The first-order chi connectivity index (χ1) is 20.7. The highest BCUT2D eigenvalue weighted by Gasteiger charge is 2.40. The molecule has 0 unspecified atom stereocenters. The van der Waals surface area contributed by atoms with Crippen LogP contribution in [0.3, 0.4) is 0 Å². The molecule has 0 bridgehead atoms. The Labute approximate surface area is 268 Å². The van der Waals surface area contributed by atoms with Gasteiger partial charge in [-0.15, -0.1) is 0 Å². The van der Waals surface area contributed by atoms with Crippen LogP contribution >= 0.6 is 23.2 Å². The van der Waals surface area contributed by atoms with Crippen molar-refractivity contribution in [1.82, 2.24) is 19.9 Å². The molecule has 10 nitrogen and oxygen atoms in total. The molecule has 1 aromatic heterocycles. The molecule has 1 saturated heterocycles. The van der Waals surface area contributed by atoms with Gasteiger partial charge in [0.15, 0.2) is 0 Å². The lowest BCUT2D eigenvalue weighted by atomic mass is 10.1. The molecule has 1 aliphatic rings. The topological polar surface area (TPSA) is 127 Å². The van der Waals surface area contributed by atoms with E-state index in [1.54, 1.807) is 26.8 Å². The molecule has 0 aliphatic carbocycles. The number of benzene rings is 2. The molecule has 2 aromatic carbocycles. The third-order valence-corrected chi connectivity index (χ3v) is 9.92. The fraction of sp³-hybridized carbons (Fsp3) is 0.452. The van der Waals surface area contributed by atoms with Crippen LogP contribution in [0.25, 0.3) is 10.9 Å². The number of sulfonamides is 1. The van der Waals surface area contributed by atoms with Crippen molar-refractivity contribution in [2.45, 2.75) is 77.0 Å². The predicted molar refractivity (Wildman–Crippen MR) is 171 cm³/mol. The van der Waals surface area contributed by atoms with Crippen LogP contribution in [0, 0.1) is 13.8 Å². The number of amides is 2. The minimum atomic E-state index is -4.16. The Hall–Kier alpha value is -3.12. The maximum Gasteiger partial charge on any atom is 0.407 e. The third kappa shape index (κ3) is 7.93. The number of nitrogens with zero attached hydrogens (tertiary/aromatic N) is 2. The molecule has 1 fully saturated rings. The monoisotopic (exact) mass is 664 g/mol. The van der Waals surface area contributed by atoms with E-state index >= 15 is 0 Å². The van der Waals surface area contributed by atoms with Gasteiger partial charge in [-0.2, -0.15) is 4.31 Å². The summed E-state index contributed by atoms with van der Waals surface area (Å²) < 4.78 is 40.1. The number of aromatic nitrogens is 1. The lowest BCUT2D eigenvalue weighted by Crippen LogP contribution is -2.46. The van der Waals surface area contributed by atoms with Gasteiger partial charge in [-0.25, -0.2) is 18.2 Å². The zero-order chi connectivity index (χ0) is 32.2. The number of carbonyl (C=O) groups excluding carboxylic acids is 2. The number of hydrogen-bond donors (Lipinski definition) is 2. The molecule has 4 rings (SSSR count). The summed E-state index contributed by atoms with van der Waals surface area (Å²) in [5.41, 5.74) is 2.30. The Morgan fingerprint density at radius 2 is 1.82 bits per heavy atom. The van der Waals surface area contributed by atoms with Gasteiger partial charge in [0, 0.05) is 41.3 Å². The lowest BCUT2D eigenvalue weighted by molar-refractivity contribution is -0.124. The van der Waals surface area contributed by atoms with Crippen LogP contribution < -0.4 is 15.4 Å². The van der Waals surface area contributed by atoms with Crippen LogP contribution in [-0.2, 0) is 26.2 Å². The van der Waals surface area contributed by atoms with Crippen LogP contribution in [-0.4, -0.2) is 61.0 Å². The van der Waals surface area contributed by atoms with E-state index in [9.17, 15) is 18.0 Å². The summed E-state index contributed by atoms with van der Waals surface area (Å²) in [5.74, 6) is 0.110. The first kappa shape index (κ1) is 33.8. The zero-order valence-electron chi connectivity index (χ0n) is 25.5. The Morgan fingerprint density at radius 3 is 2.55 bits per heavy atom. The SMILES string of the molecule is Cc1cc(C)c2cccc(OCc3c(Cl)ccc(S(=O)(=O)N4CCC[C@H]4C(=O)NCCCNC(=O)OC(C)(C)C)c3Cl)c2n1. The number of hydrogen-bond acceptors (Lipinski definition) is 7. The van der Waals surface area contributed by atoms with Crippen LogP contribution in [0.15, 0.2) is 41.3 Å². The largest absolute Gasteiger partial charge is 0.487 e. The number of aryl methyl sites for hydroxylation is 2. The average Bonchev–Trinajstić information content (AvgIpc) is 3.43. The Bertz CT molecular complexity index is 1660. The smallest absolute Gasteiger partial charge is 0.407 e. The molecule has 238 valence electrons. The van der Waals surface area contributed by atoms with Crippen molar-refractivity contribution in [3.05, 3.63) is 63.3 Å². The number of rotatable bonds is 10. The van der Waals surface area contributed by atoms with Gasteiger partial charge in [0.2, 0.25) is 15.9 Å². The molecule has 2 heterocycles. The molecule has 13 heteroatoms. The lowest BCUT2D eigenvalue weighted by Gasteiger charge is -2.24. The molecule has 44 heavy (non-hydrogen) atoms. The first-order valence-corrected chi connectivity index (χ1v) is 16.6. The minimum Gasteiger partial charge on any atom is -0.487 e. The number of para-hydroxylation sites is 1. The van der Waals surface area contributed by atoms with Crippen molar-refractivity contribution < 1.29 is 27.5 Å². The van der Waals surface area contributed by atoms with Gasteiger partial charge in [0.05, 0.1) is 5.02 Å². The van der Waals surface area contributed by atoms with Crippen LogP contribution in [0.5, 0.6) is 5.75 Å². The highest BCUT2D eigenvalue weighted by atomic mass is 35.5. The zero-order valence-corrected chi connectivity index (χ0v) is 27.8. The average molecular weight is 666 g/mol. The van der Waals surface area contributed by atoms with Gasteiger partial charge in [-0.1, -0.05) is 35.3 Å². The Balaban J connectivity index is 1.44. The number of nitrogens with one attached hydrogen (secondary N) is 2. The second-order valence-corrected chi connectivity index (χ2v) is 14.4. The van der Waals surface area contributed by atoms with Crippen molar-refractivity contribution in [1.29, 1.82) is 0 Å². The second-order valence-electron chi connectivity index (χ2n) is 11.7. The molecular weight excluding hydrogens is 627 g/mol. The van der Waals surface area contributed by atoms with E-state index in [-0.39, 0.29) is 34.6 Å². The summed E-state index contributed by atoms with van der Waals surface area (Å²) in [6.07, 6.45) is 0.795. The number of fused-ring (bicyclic) bond motifs is 1. The van der Waals surface area contributed by atoms with Gasteiger partial charge in [0.25, 0.3) is 0 Å². The van der Waals surface area contributed by atoms with E-state index in [4.69, 9.17) is 32.7 Å². The number of pyridine rings is 1. The maximum atomic E-state index is 13.8. The number of halogens is 2. The van der Waals surface area contributed by atoms with Gasteiger partial charge in [0.1, 0.15) is 34.4 Å². The molecule has 1 aliphatic heterocycles. The molecule has 2 N–H and O–H groups in total. The van der Waals surface area contributed by atoms with Gasteiger partial charge in [-0.05, 0) is 83.7 Å². The standard InChI is InChI=1S/C31H38Cl2N4O6S/c1-19-17-20(2)36-28-21(19)9-6-11-25(28)42-18-22-23(32)12-13-26(27(22)33)44(40,41)37-16-7-10-24(37)29(38)34-14-8-15-35-30(39)43-31(3,4)5/h6,9,11-13,17,24H,7-8,10,14-16,18H2,1-5H3,(H,34,38)(H,35,39)/t24-/m0/s1. The number of carbonyl (C=O) groups is 2. The summed E-state index contributed by atoms with van der Waals surface area (Å²) in [6.45, 7) is 9.84. The van der Waals surface area contributed by atoms with E-state index in [0.717, 1.165) is 16.6 Å². The Kier molecular flexibility index (Phi) is 10.7. The quantitative estimate of drug-likeness (QED) is 0.258. The van der Waals surface area contributed by atoms with E-state index in [0.29, 0.717) is 42.6 Å². The number of alkyl carbamates (subject to hydrolysis) is 1. The maximum absolute atomic E-state index is 13.8. The summed E-state index contributed by atoms with van der Waals surface area (Å²) in [6, 6.07) is 9.53. The van der Waals surface area contributed by atoms with Crippen LogP contribution in [0.4, 0.5) is 4.79 Å². The molecule has 0 spiro atoms. The van der Waals surface area contributed by atoms with E-state index in [1.165, 1.54) is 16.4 Å². The van der Waals surface area contributed by atoms with Crippen LogP contribution in [0.2, 0.25) is 10.0 Å². The van der Waals surface area contributed by atoms with Gasteiger partial charge < -0.3 is 20.1 Å². The summed E-state index contributed by atoms with van der Waals surface area (Å²) in [5, 5.41) is 6.55. The van der Waals surface area contributed by atoms with Crippen molar-refractivity contribution in [3.63, 3.8) is 0 Å². The summed E-state index contributed by atoms with van der Waals surface area (Å²) >= 11 is 13.2. The Morgan fingerprint density at radius 1 is 1.09 bits per heavy atom. The summed E-state index contributed by atoms with van der Waals surface area (Å²) in [7, 11) is -4.16. The second kappa shape index (κ2) is 13.9. The highest BCUT2D eigenvalue weighted by molar-refractivity contribution is 7.89. The molecule has 0 saturated carbocycles. The minimum absolute atomic E-state index is 0.0580. The van der Waals surface area contributed by atoms with Crippen molar-refractivity contribution in [2.75, 3.05) is 19.6 Å². The fourth-order valence-electron chi connectivity index (χ4n) is 5.07. The predicted octanol–water partition coefficient (Wildman–Crippen LogP) is 5.92. The van der Waals surface area contributed by atoms with Crippen molar-refractivity contribution in [2.24, 2.45) is 0 Å². The molecular formula is C31H38Cl2N4O6S. The molecule has 1 atom stereocenters. The first-order valence-electron chi connectivity index (χ1n) is 14.4.